The molecule has 0 aliphatic carbocycles. The number of methoxy groups -OCH3 is 1. The van der Waals surface area contributed by atoms with Crippen LogP contribution < -0.4 is 25.0 Å². The molecular weight excluding hydrogens is 578 g/mol. The minimum absolute atomic E-state index is 0.179. The van der Waals surface area contributed by atoms with Gasteiger partial charge in [0.2, 0.25) is 0 Å². The maximum Gasteiger partial charge on any atom is 0.323 e. The molecule has 2 aromatic heterocycles. The average Bonchev–Trinajstić information content (AvgIpc) is 3.60. The van der Waals surface area contributed by atoms with Crippen LogP contribution >= 0.6 is 22.9 Å². The molecule has 1 aliphatic rings. The number of nitrogens with one attached hydrogen (secondary N) is 3. The van der Waals surface area contributed by atoms with Crippen LogP contribution in [0.4, 0.5) is 9.80 Å². The SMILES string of the molecule is CCNC(=O)Nc1sc2c(OC)cccc2c1C(=O)N1CCC(CC)(Oc2ccc(-c3nsc(=O)[nH]3)cc2C=O)CC1. The van der Waals surface area contributed by atoms with Crippen LogP contribution in [0.1, 0.15) is 53.8 Å². The van der Waals surface area contributed by atoms with Gasteiger partial charge in [0.1, 0.15) is 22.1 Å². The Balaban J connectivity index is 1.37. The first kappa shape index (κ1) is 29.3. The van der Waals surface area contributed by atoms with E-state index in [0.29, 0.717) is 77.9 Å². The van der Waals surface area contributed by atoms with E-state index in [1.165, 1.54) is 11.3 Å². The molecule has 4 aromatic rings. The van der Waals surface area contributed by atoms with Gasteiger partial charge in [-0.05, 0) is 37.6 Å². The van der Waals surface area contributed by atoms with Crippen molar-refractivity contribution in [1.29, 1.82) is 0 Å². The van der Waals surface area contributed by atoms with Gasteiger partial charge in [0, 0.05) is 55.0 Å². The lowest BCUT2D eigenvalue weighted by Gasteiger charge is -2.41. The molecule has 3 N–H and O–H groups in total. The molecule has 1 aliphatic heterocycles. The number of aromatic nitrogens is 2. The van der Waals surface area contributed by atoms with Crippen molar-refractivity contribution in [3.63, 3.8) is 0 Å². The van der Waals surface area contributed by atoms with Gasteiger partial charge < -0.3 is 19.7 Å². The molecule has 3 heterocycles. The molecule has 0 saturated carbocycles. The number of piperidine rings is 1. The van der Waals surface area contributed by atoms with Crippen LogP contribution in [0.2, 0.25) is 0 Å². The Bertz CT molecular complexity index is 1690. The summed E-state index contributed by atoms with van der Waals surface area (Å²) in [6, 6.07) is 10.3. The summed E-state index contributed by atoms with van der Waals surface area (Å²) in [5.41, 5.74) is 0.828. The number of hydrogen-bond donors (Lipinski definition) is 3. The molecule has 0 spiro atoms. The molecule has 1 saturated heterocycles. The lowest BCUT2D eigenvalue weighted by Crippen LogP contribution is -2.49. The number of rotatable bonds is 9. The number of ether oxygens (including phenoxy) is 2. The number of carbonyl (C=O) groups is 3. The minimum atomic E-state index is -0.576. The summed E-state index contributed by atoms with van der Waals surface area (Å²) < 4.78 is 16.9. The van der Waals surface area contributed by atoms with Gasteiger partial charge in [0.05, 0.1) is 22.9 Å². The highest BCUT2D eigenvalue weighted by molar-refractivity contribution is 7.23. The molecule has 5 rings (SSSR count). The first-order valence-electron chi connectivity index (χ1n) is 13.6. The summed E-state index contributed by atoms with van der Waals surface area (Å²) in [4.78, 5) is 54.0. The van der Waals surface area contributed by atoms with Crippen molar-refractivity contribution in [2.24, 2.45) is 0 Å². The number of thiophene rings is 1. The molecule has 220 valence electrons. The third kappa shape index (κ3) is 5.74. The van der Waals surface area contributed by atoms with E-state index in [0.717, 1.165) is 27.9 Å². The monoisotopic (exact) mass is 609 g/mol. The molecule has 0 unspecified atom stereocenters. The number of H-pyrrole nitrogens is 1. The van der Waals surface area contributed by atoms with E-state index in [9.17, 15) is 19.2 Å². The smallest absolute Gasteiger partial charge is 0.323 e. The number of nitrogens with zero attached hydrogens (tertiary/aromatic N) is 2. The van der Waals surface area contributed by atoms with Gasteiger partial charge in [-0.25, -0.2) is 4.79 Å². The first-order valence-corrected chi connectivity index (χ1v) is 15.2. The van der Waals surface area contributed by atoms with Crippen molar-refractivity contribution in [1.82, 2.24) is 19.6 Å². The predicted molar refractivity (Wildman–Crippen MR) is 163 cm³/mol. The summed E-state index contributed by atoms with van der Waals surface area (Å²) in [6.45, 7) is 5.17. The molecule has 3 amide bonds. The fraction of sp³-hybridized carbons (Fsp3) is 0.345. The van der Waals surface area contributed by atoms with E-state index >= 15 is 0 Å². The number of anilines is 1. The lowest BCUT2D eigenvalue weighted by molar-refractivity contribution is 0.000876. The molecule has 0 atom stereocenters. The molecule has 0 radical (unpaired) electrons. The molecule has 0 bridgehead atoms. The van der Waals surface area contributed by atoms with Gasteiger partial charge in [0.15, 0.2) is 12.1 Å². The molecule has 11 nitrogen and oxygen atoms in total. The Labute approximate surface area is 250 Å². The summed E-state index contributed by atoms with van der Waals surface area (Å²) in [7, 11) is 1.57. The molecule has 42 heavy (non-hydrogen) atoms. The number of hydrogen-bond acceptors (Lipinski definition) is 9. The summed E-state index contributed by atoms with van der Waals surface area (Å²) in [5, 5.41) is 6.75. The van der Waals surface area contributed by atoms with E-state index in [4.69, 9.17) is 9.47 Å². The Morgan fingerprint density at radius 2 is 1.95 bits per heavy atom. The van der Waals surface area contributed by atoms with Gasteiger partial charge in [0.25, 0.3) is 5.91 Å². The number of carbonyl (C=O) groups excluding carboxylic acids is 3. The van der Waals surface area contributed by atoms with E-state index < -0.39 is 5.60 Å². The summed E-state index contributed by atoms with van der Waals surface area (Å²) >= 11 is 2.12. The standard InChI is InChI=1S/C29H31N5O6S2/c1-4-29(40-20-10-9-17(15-18(20)16-35)24-31-28(38)42-33-24)11-13-34(14-12-29)26(36)22-19-7-6-8-21(39-3)23(19)41-25(22)32-27(37)30-5-2/h6-10,15-16H,4-5,11-14H2,1-3H3,(H2,30,32,37)(H,31,33,38). The normalized spacial score (nSPS) is 14.4. The second-order valence-electron chi connectivity index (χ2n) is 9.87. The van der Waals surface area contributed by atoms with Crippen molar-refractivity contribution in [3.8, 4) is 22.9 Å². The fourth-order valence-electron chi connectivity index (χ4n) is 5.13. The number of benzene rings is 2. The van der Waals surface area contributed by atoms with E-state index in [2.05, 4.69) is 20.0 Å². The van der Waals surface area contributed by atoms with Crippen LogP contribution in [0, 0.1) is 0 Å². The van der Waals surface area contributed by atoms with Crippen molar-refractivity contribution < 1.29 is 23.9 Å². The largest absolute Gasteiger partial charge is 0.495 e. The quantitative estimate of drug-likeness (QED) is 0.223. The molecule has 2 aromatic carbocycles. The third-order valence-corrected chi connectivity index (χ3v) is 9.14. The summed E-state index contributed by atoms with van der Waals surface area (Å²) in [6.07, 6.45) is 2.51. The van der Waals surface area contributed by atoms with Crippen molar-refractivity contribution in [2.45, 2.75) is 38.7 Å². The molecular formula is C29H31N5O6S2. The fourth-order valence-corrected chi connectivity index (χ4v) is 6.78. The van der Waals surface area contributed by atoms with Crippen molar-refractivity contribution >= 4 is 56.2 Å². The minimum Gasteiger partial charge on any atom is -0.495 e. The van der Waals surface area contributed by atoms with E-state index in [1.807, 2.05) is 32.0 Å². The number of aromatic amines is 1. The van der Waals surface area contributed by atoms with Gasteiger partial charge in [-0.15, -0.1) is 11.3 Å². The van der Waals surface area contributed by atoms with Crippen LogP contribution in [-0.4, -0.2) is 64.8 Å². The maximum atomic E-state index is 14.0. The van der Waals surface area contributed by atoms with Crippen LogP contribution in [0.15, 0.2) is 41.2 Å². The highest BCUT2D eigenvalue weighted by Gasteiger charge is 2.38. The molecule has 13 heteroatoms. The average molecular weight is 610 g/mol. The Morgan fingerprint density at radius 3 is 2.60 bits per heavy atom. The van der Waals surface area contributed by atoms with E-state index in [1.54, 1.807) is 30.2 Å². The van der Waals surface area contributed by atoms with Gasteiger partial charge in [-0.3, -0.25) is 24.7 Å². The number of likely N-dealkylation sites (tertiary alicyclic amines) is 1. The van der Waals surface area contributed by atoms with Crippen LogP contribution in [-0.2, 0) is 0 Å². The number of fused-ring (bicyclic) bond motifs is 1. The number of aldehydes is 1. The highest BCUT2D eigenvalue weighted by Crippen LogP contribution is 2.42. The second-order valence-corrected chi connectivity index (χ2v) is 11.6. The van der Waals surface area contributed by atoms with Crippen molar-refractivity contribution in [2.75, 3.05) is 32.1 Å². The van der Waals surface area contributed by atoms with Gasteiger partial charge in [-0.2, -0.15) is 4.37 Å². The van der Waals surface area contributed by atoms with Crippen LogP contribution in [0.3, 0.4) is 0 Å². The second kappa shape index (κ2) is 12.3. The van der Waals surface area contributed by atoms with Crippen LogP contribution in [0.5, 0.6) is 11.5 Å². The zero-order valence-electron chi connectivity index (χ0n) is 23.4. The zero-order chi connectivity index (χ0) is 29.9. The zero-order valence-corrected chi connectivity index (χ0v) is 25.1. The molecule has 1 fully saturated rings. The van der Waals surface area contributed by atoms with Gasteiger partial charge in [-0.1, -0.05) is 19.1 Å². The number of amides is 3. The Morgan fingerprint density at radius 1 is 1.17 bits per heavy atom. The van der Waals surface area contributed by atoms with E-state index in [-0.39, 0.29) is 16.8 Å². The highest BCUT2D eigenvalue weighted by atomic mass is 32.1. The number of urea groups is 1. The topological polar surface area (TPSA) is 143 Å². The first-order chi connectivity index (χ1) is 20.3. The lowest BCUT2D eigenvalue weighted by atomic mass is 9.88. The Hall–Kier alpha value is -4.23. The van der Waals surface area contributed by atoms with Crippen molar-refractivity contribution in [3.05, 3.63) is 57.2 Å². The van der Waals surface area contributed by atoms with Crippen LogP contribution in [0.25, 0.3) is 21.5 Å². The van der Waals surface area contributed by atoms with Gasteiger partial charge >= 0.3 is 10.9 Å². The maximum absolute atomic E-state index is 14.0. The Kier molecular flexibility index (Phi) is 8.59. The summed E-state index contributed by atoms with van der Waals surface area (Å²) in [5.74, 6) is 1.29. The predicted octanol–water partition coefficient (Wildman–Crippen LogP) is 5.14. The third-order valence-electron chi connectivity index (χ3n) is 7.46.